The highest BCUT2D eigenvalue weighted by Crippen LogP contribution is 2.15. The molecule has 0 radical (unpaired) electrons. The largest absolute Gasteiger partial charge is 0.360 e. The maximum Gasteiger partial charge on any atom is 0.0864 e. The number of aliphatic imine (C=N–C) groups is 1. The molecule has 0 aromatic carbocycles. The van der Waals surface area contributed by atoms with Crippen LogP contribution >= 0.6 is 0 Å². The molecule has 0 spiro atoms. The fourth-order valence-corrected chi connectivity index (χ4v) is 1.10. The zero-order valence-corrected chi connectivity index (χ0v) is 8.33. The predicted octanol–water partition coefficient (Wildman–Crippen LogP) is 3.11. The van der Waals surface area contributed by atoms with Gasteiger partial charge in [0, 0.05) is 12.4 Å². The van der Waals surface area contributed by atoms with E-state index in [4.69, 9.17) is 0 Å². The molecule has 1 aromatic rings. The molecule has 2 nitrogen and oxygen atoms in total. The molecule has 1 rings (SSSR count). The number of nitrogens with one attached hydrogen (secondary N) is 1. The van der Waals surface area contributed by atoms with Gasteiger partial charge in [-0.05, 0) is 24.6 Å². The van der Waals surface area contributed by atoms with E-state index in [0.29, 0.717) is 0 Å². The van der Waals surface area contributed by atoms with Crippen molar-refractivity contribution < 1.29 is 0 Å². The van der Waals surface area contributed by atoms with Crippen LogP contribution in [0.15, 0.2) is 48.6 Å². The van der Waals surface area contributed by atoms with E-state index in [1.807, 2.05) is 25.3 Å². The molecule has 0 unspecified atom stereocenters. The van der Waals surface area contributed by atoms with Crippen molar-refractivity contribution in [2.24, 2.45) is 4.99 Å². The van der Waals surface area contributed by atoms with Crippen molar-refractivity contribution in [3.63, 3.8) is 0 Å². The highest BCUT2D eigenvalue weighted by Gasteiger charge is 1.99. The number of hydrogen-bond donors (Lipinski definition) is 1. The van der Waals surface area contributed by atoms with Crippen molar-refractivity contribution in [3.05, 3.63) is 54.9 Å². The van der Waals surface area contributed by atoms with Gasteiger partial charge in [-0.2, -0.15) is 0 Å². The SMILES string of the molecule is C=CC=N/C(=C\C=C)c1cc(C)c[nH]1. The number of aryl methyl sites for hydroxylation is 1. The first-order chi connectivity index (χ1) is 6.77. The van der Waals surface area contributed by atoms with Gasteiger partial charge in [-0.25, -0.2) is 0 Å². The van der Waals surface area contributed by atoms with E-state index in [0.717, 1.165) is 11.4 Å². The summed E-state index contributed by atoms with van der Waals surface area (Å²) in [6.45, 7) is 9.26. The number of aromatic amines is 1. The van der Waals surface area contributed by atoms with E-state index >= 15 is 0 Å². The zero-order valence-electron chi connectivity index (χ0n) is 8.33. The minimum atomic E-state index is 0.855. The lowest BCUT2D eigenvalue weighted by Gasteiger charge is -1.95. The van der Waals surface area contributed by atoms with E-state index in [9.17, 15) is 0 Å². The van der Waals surface area contributed by atoms with Crippen LogP contribution in [0.4, 0.5) is 0 Å². The van der Waals surface area contributed by atoms with Gasteiger partial charge in [0.25, 0.3) is 0 Å². The number of rotatable bonds is 4. The third kappa shape index (κ3) is 2.59. The standard InChI is InChI=1S/C12H14N2/c1-4-6-11(13-7-5-2)12-8-10(3)9-14-12/h4-9,14H,1-2H2,3H3/b11-6-,13-7?. The summed E-state index contributed by atoms with van der Waals surface area (Å²) >= 11 is 0. The van der Waals surface area contributed by atoms with Crippen molar-refractivity contribution in [3.8, 4) is 0 Å². The van der Waals surface area contributed by atoms with Crippen LogP contribution in [0.1, 0.15) is 11.3 Å². The summed E-state index contributed by atoms with van der Waals surface area (Å²) < 4.78 is 0. The van der Waals surface area contributed by atoms with E-state index in [-0.39, 0.29) is 0 Å². The van der Waals surface area contributed by atoms with Gasteiger partial charge in [0.2, 0.25) is 0 Å². The summed E-state index contributed by atoms with van der Waals surface area (Å²) in [4.78, 5) is 7.37. The molecule has 0 amide bonds. The zero-order chi connectivity index (χ0) is 10.4. The lowest BCUT2D eigenvalue weighted by atomic mass is 10.2. The number of allylic oxidation sites excluding steroid dienone is 3. The normalized spacial score (nSPS) is 11.9. The Balaban J connectivity index is 3.00. The number of hydrogen-bond acceptors (Lipinski definition) is 1. The first-order valence-corrected chi connectivity index (χ1v) is 4.41. The fraction of sp³-hybridized carbons (Fsp3) is 0.0833. The minimum Gasteiger partial charge on any atom is -0.360 e. The molecule has 0 aliphatic rings. The van der Waals surface area contributed by atoms with Crippen LogP contribution in [0.2, 0.25) is 0 Å². The Morgan fingerprint density at radius 3 is 2.71 bits per heavy atom. The maximum atomic E-state index is 4.23. The molecule has 1 N–H and O–H groups in total. The van der Waals surface area contributed by atoms with Gasteiger partial charge in [-0.15, -0.1) is 0 Å². The van der Waals surface area contributed by atoms with E-state index in [1.165, 1.54) is 5.56 Å². The van der Waals surface area contributed by atoms with Crippen molar-refractivity contribution in [1.82, 2.24) is 4.98 Å². The van der Waals surface area contributed by atoms with Crippen molar-refractivity contribution >= 4 is 11.9 Å². The number of nitrogens with zero attached hydrogens (tertiary/aromatic N) is 1. The first-order valence-electron chi connectivity index (χ1n) is 4.41. The monoisotopic (exact) mass is 186 g/mol. The molecule has 0 bridgehead atoms. The summed E-state index contributed by atoms with van der Waals surface area (Å²) in [6, 6.07) is 2.04. The lowest BCUT2D eigenvalue weighted by Crippen LogP contribution is -1.80. The molecule has 1 heterocycles. The van der Waals surface area contributed by atoms with E-state index in [2.05, 4.69) is 23.1 Å². The Hall–Kier alpha value is -1.83. The molecule has 1 aromatic heterocycles. The molecule has 0 fully saturated rings. The summed E-state index contributed by atoms with van der Waals surface area (Å²) in [5.74, 6) is 0. The van der Waals surface area contributed by atoms with Crippen molar-refractivity contribution in [2.75, 3.05) is 0 Å². The van der Waals surface area contributed by atoms with Gasteiger partial charge in [0.05, 0.1) is 11.4 Å². The Kier molecular flexibility index (Phi) is 3.68. The average Bonchev–Trinajstić information content (AvgIpc) is 2.59. The molecular formula is C12H14N2. The van der Waals surface area contributed by atoms with Crippen LogP contribution in [-0.2, 0) is 0 Å². The Labute approximate surface area is 84.4 Å². The van der Waals surface area contributed by atoms with E-state index in [1.54, 1.807) is 18.4 Å². The quantitative estimate of drug-likeness (QED) is 0.553. The van der Waals surface area contributed by atoms with Gasteiger partial charge >= 0.3 is 0 Å². The Bertz CT molecular complexity index is 381. The Morgan fingerprint density at radius 2 is 2.21 bits per heavy atom. The second-order valence-corrected chi connectivity index (χ2v) is 2.89. The highest BCUT2D eigenvalue weighted by atomic mass is 14.8. The summed E-state index contributed by atoms with van der Waals surface area (Å²) in [6.07, 6.45) is 8.81. The Morgan fingerprint density at radius 1 is 1.43 bits per heavy atom. The lowest BCUT2D eigenvalue weighted by molar-refractivity contribution is 1.32. The highest BCUT2D eigenvalue weighted by molar-refractivity contribution is 5.79. The van der Waals surface area contributed by atoms with Gasteiger partial charge in [-0.3, -0.25) is 4.99 Å². The molecule has 0 saturated heterocycles. The second-order valence-electron chi connectivity index (χ2n) is 2.89. The minimum absolute atomic E-state index is 0.855. The van der Waals surface area contributed by atoms with Crippen molar-refractivity contribution in [2.45, 2.75) is 6.92 Å². The molecule has 0 aliphatic heterocycles. The summed E-state index contributed by atoms with van der Waals surface area (Å²) in [5.41, 5.74) is 3.03. The van der Waals surface area contributed by atoms with E-state index < -0.39 is 0 Å². The summed E-state index contributed by atoms with van der Waals surface area (Å²) in [7, 11) is 0. The van der Waals surface area contributed by atoms with Crippen LogP contribution in [0, 0.1) is 6.92 Å². The van der Waals surface area contributed by atoms with Crippen LogP contribution in [0.25, 0.3) is 5.70 Å². The third-order valence-corrected chi connectivity index (χ3v) is 1.70. The smallest absolute Gasteiger partial charge is 0.0864 e. The fourth-order valence-electron chi connectivity index (χ4n) is 1.10. The van der Waals surface area contributed by atoms with Crippen LogP contribution in [0.3, 0.4) is 0 Å². The van der Waals surface area contributed by atoms with Gasteiger partial charge in [-0.1, -0.05) is 25.3 Å². The first kappa shape index (κ1) is 10.3. The number of aromatic nitrogens is 1. The molecule has 2 heteroatoms. The predicted molar refractivity (Wildman–Crippen MR) is 62.4 cm³/mol. The van der Waals surface area contributed by atoms with Crippen LogP contribution in [-0.4, -0.2) is 11.2 Å². The molecule has 14 heavy (non-hydrogen) atoms. The molecule has 0 saturated carbocycles. The van der Waals surface area contributed by atoms with Gasteiger partial charge < -0.3 is 4.98 Å². The molecular weight excluding hydrogens is 172 g/mol. The average molecular weight is 186 g/mol. The second kappa shape index (κ2) is 5.02. The molecule has 0 atom stereocenters. The molecule has 72 valence electrons. The third-order valence-electron chi connectivity index (χ3n) is 1.70. The number of H-pyrrole nitrogens is 1. The summed E-state index contributed by atoms with van der Waals surface area (Å²) in [5, 5.41) is 0. The van der Waals surface area contributed by atoms with Crippen molar-refractivity contribution in [1.29, 1.82) is 0 Å². The maximum absolute atomic E-state index is 4.23. The topological polar surface area (TPSA) is 28.1 Å². The van der Waals surface area contributed by atoms with Crippen LogP contribution < -0.4 is 0 Å². The van der Waals surface area contributed by atoms with Gasteiger partial charge in [0.1, 0.15) is 0 Å². The van der Waals surface area contributed by atoms with Crippen LogP contribution in [0.5, 0.6) is 0 Å². The molecule has 0 aliphatic carbocycles. The van der Waals surface area contributed by atoms with Gasteiger partial charge in [0.15, 0.2) is 0 Å².